The molecule has 20 heavy (non-hydrogen) atoms. The van der Waals surface area contributed by atoms with Crippen LogP contribution < -0.4 is 5.32 Å². The second kappa shape index (κ2) is 6.15. The Hall–Kier alpha value is -1.72. The molecule has 0 radical (unpaired) electrons. The Labute approximate surface area is 118 Å². The van der Waals surface area contributed by atoms with Crippen molar-refractivity contribution in [3.63, 3.8) is 0 Å². The van der Waals surface area contributed by atoms with Crippen molar-refractivity contribution in [1.29, 1.82) is 0 Å². The van der Waals surface area contributed by atoms with Crippen LogP contribution in [0.2, 0.25) is 0 Å². The predicted molar refractivity (Wildman–Crippen MR) is 75.9 cm³/mol. The lowest BCUT2D eigenvalue weighted by Gasteiger charge is -2.26. The lowest BCUT2D eigenvalue weighted by Crippen LogP contribution is -2.42. The van der Waals surface area contributed by atoms with Gasteiger partial charge in [0.15, 0.2) is 0 Å². The molecule has 1 saturated heterocycles. The van der Waals surface area contributed by atoms with Crippen molar-refractivity contribution in [3.05, 3.63) is 53.6 Å². The molecule has 106 valence electrons. The van der Waals surface area contributed by atoms with E-state index in [1.54, 1.807) is 12.1 Å². The van der Waals surface area contributed by atoms with Crippen LogP contribution in [0.15, 0.2) is 36.7 Å². The Balaban J connectivity index is 1.60. The molecule has 1 fully saturated rings. The summed E-state index contributed by atoms with van der Waals surface area (Å²) in [6.45, 7) is 5.92. The quantitative estimate of drug-likeness (QED) is 0.916. The van der Waals surface area contributed by atoms with E-state index in [9.17, 15) is 4.39 Å². The van der Waals surface area contributed by atoms with Gasteiger partial charge in [0.2, 0.25) is 0 Å². The molecule has 2 aromatic rings. The molecule has 1 aromatic carbocycles. The summed E-state index contributed by atoms with van der Waals surface area (Å²) in [5, 5.41) is 7.73. The van der Waals surface area contributed by atoms with Crippen molar-refractivity contribution in [2.24, 2.45) is 0 Å². The molecule has 0 bridgehead atoms. The molecule has 0 unspecified atom stereocenters. The summed E-state index contributed by atoms with van der Waals surface area (Å²) in [6, 6.07) is 6.57. The molecular formula is C15H19FN4. The third-order valence-electron chi connectivity index (χ3n) is 3.56. The number of aromatic nitrogens is 2. The van der Waals surface area contributed by atoms with E-state index in [4.69, 9.17) is 0 Å². The first-order valence-corrected chi connectivity index (χ1v) is 6.98. The first kappa shape index (κ1) is 13.3. The Morgan fingerprint density at radius 1 is 1.05 bits per heavy atom. The highest BCUT2D eigenvalue weighted by Gasteiger charge is 2.10. The number of piperazine rings is 1. The highest BCUT2D eigenvalue weighted by atomic mass is 19.1. The molecule has 0 spiro atoms. The monoisotopic (exact) mass is 274 g/mol. The highest BCUT2D eigenvalue weighted by Crippen LogP contribution is 2.08. The molecule has 1 N–H and O–H groups in total. The van der Waals surface area contributed by atoms with Gasteiger partial charge in [-0.05, 0) is 17.7 Å². The van der Waals surface area contributed by atoms with Crippen molar-refractivity contribution in [2.45, 2.75) is 13.1 Å². The number of rotatable bonds is 4. The van der Waals surface area contributed by atoms with Crippen molar-refractivity contribution >= 4 is 0 Å². The van der Waals surface area contributed by atoms with Crippen molar-refractivity contribution in [1.82, 2.24) is 20.0 Å². The third kappa shape index (κ3) is 3.43. The Kier molecular flexibility index (Phi) is 4.08. The van der Waals surface area contributed by atoms with E-state index in [1.165, 1.54) is 17.7 Å². The van der Waals surface area contributed by atoms with E-state index in [2.05, 4.69) is 21.5 Å². The molecule has 4 nitrogen and oxygen atoms in total. The maximum absolute atomic E-state index is 12.9. The van der Waals surface area contributed by atoms with Crippen LogP contribution >= 0.6 is 0 Å². The maximum atomic E-state index is 12.9. The molecule has 5 heteroatoms. The summed E-state index contributed by atoms with van der Waals surface area (Å²) in [5.74, 6) is -0.200. The zero-order chi connectivity index (χ0) is 13.8. The fraction of sp³-hybridized carbons (Fsp3) is 0.400. The zero-order valence-corrected chi connectivity index (χ0v) is 11.4. The van der Waals surface area contributed by atoms with Gasteiger partial charge in [0, 0.05) is 44.5 Å². The first-order valence-electron chi connectivity index (χ1n) is 6.98. The summed E-state index contributed by atoms with van der Waals surface area (Å²) in [4.78, 5) is 2.43. The minimum absolute atomic E-state index is 0.200. The number of nitrogens with one attached hydrogen (secondary N) is 1. The van der Waals surface area contributed by atoms with E-state index in [1.807, 2.05) is 10.9 Å². The molecule has 0 saturated carbocycles. The molecule has 1 aliphatic heterocycles. The smallest absolute Gasteiger partial charge is 0.123 e. The molecule has 1 aromatic heterocycles. The Morgan fingerprint density at radius 2 is 1.80 bits per heavy atom. The van der Waals surface area contributed by atoms with E-state index < -0.39 is 0 Å². The minimum Gasteiger partial charge on any atom is -0.314 e. The van der Waals surface area contributed by atoms with E-state index >= 15 is 0 Å². The third-order valence-corrected chi connectivity index (χ3v) is 3.56. The van der Waals surface area contributed by atoms with Gasteiger partial charge in [-0.3, -0.25) is 9.58 Å². The van der Waals surface area contributed by atoms with Crippen molar-refractivity contribution in [2.75, 3.05) is 26.2 Å². The zero-order valence-electron chi connectivity index (χ0n) is 11.4. The molecule has 3 rings (SSSR count). The second-order valence-electron chi connectivity index (χ2n) is 5.20. The van der Waals surface area contributed by atoms with Gasteiger partial charge in [-0.1, -0.05) is 12.1 Å². The number of benzene rings is 1. The van der Waals surface area contributed by atoms with Crippen LogP contribution in [-0.4, -0.2) is 40.9 Å². The topological polar surface area (TPSA) is 33.1 Å². The Bertz CT molecular complexity index is 543. The van der Waals surface area contributed by atoms with Gasteiger partial charge < -0.3 is 5.32 Å². The summed E-state index contributed by atoms with van der Waals surface area (Å²) < 4.78 is 14.8. The predicted octanol–water partition coefficient (Wildman–Crippen LogP) is 1.48. The fourth-order valence-corrected chi connectivity index (χ4v) is 2.48. The van der Waals surface area contributed by atoms with Gasteiger partial charge in [0.1, 0.15) is 5.82 Å². The van der Waals surface area contributed by atoms with Crippen LogP contribution in [0.25, 0.3) is 0 Å². The summed E-state index contributed by atoms with van der Waals surface area (Å²) in [7, 11) is 0. The van der Waals surface area contributed by atoms with Crippen LogP contribution in [-0.2, 0) is 13.1 Å². The minimum atomic E-state index is -0.200. The fourth-order valence-electron chi connectivity index (χ4n) is 2.48. The summed E-state index contributed by atoms with van der Waals surface area (Å²) in [6.07, 6.45) is 4.00. The average molecular weight is 274 g/mol. The SMILES string of the molecule is Fc1ccc(Cn2cc(CN3CCNCC3)cn2)cc1. The maximum Gasteiger partial charge on any atom is 0.123 e. The molecular weight excluding hydrogens is 255 g/mol. The summed E-state index contributed by atoms with van der Waals surface area (Å²) >= 11 is 0. The normalized spacial score (nSPS) is 16.4. The van der Waals surface area contributed by atoms with Gasteiger partial charge in [0.25, 0.3) is 0 Å². The van der Waals surface area contributed by atoms with Crippen molar-refractivity contribution in [3.8, 4) is 0 Å². The van der Waals surface area contributed by atoms with Gasteiger partial charge in [-0.25, -0.2) is 4.39 Å². The number of hydrogen-bond acceptors (Lipinski definition) is 3. The lowest BCUT2D eigenvalue weighted by molar-refractivity contribution is 0.233. The van der Waals surface area contributed by atoms with Crippen LogP contribution in [0, 0.1) is 5.82 Å². The van der Waals surface area contributed by atoms with Crippen LogP contribution in [0.5, 0.6) is 0 Å². The van der Waals surface area contributed by atoms with Crippen LogP contribution in [0.4, 0.5) is 4.39 Å². The molecule has 2 heterocycles. The lowest BCUT2D eigenvalue weighted by atomic mass is 10.2. The standard InChI is InChI=1S/C15H19FN4/c16-15-3-1-13(2-4-15)11-20-12-14(9-18-20)10-19-7-5-17-6-8-19/h1-4,9,12,17H,5-8,10-11H2. The highest BCUT2D eigenvalue weighted by molar-refractivity contribution is 5.16. The summed E-state index contributed by atoms with van der Waals surface area (Å²) in [5.41, 5.74) is 2.29. The van der Waals surface area contributed by atoms with E-state index in [0.29, 0.717) is 6.54 Å². The number of hydrogen-bond donors (Lipinski definition) is 1. The van der Waals surface area contributed by atoms with Crippen LogP contribution in [0.3, 0.4) is 0 Å². The molecule has 0 atom stereocenters. The van der Waals surface area contributed by atoms with Gasteiger partial charge >= 0.3 is 0 Å². The second-order valence-corrected chi connectivity index (χ2v) is 5.20. The van der Waals surface area contributed by atoms with Gasteiger partial charge in [0.05, 0.1) is 12.7 Å². The number of nitrogens with zero attached hydrogens (tertiary/aromatic N) is 3. The first-order chi connectivity index (χ1) is 9.79. The van der Waals surface area contributed by atoms with Crippen LogP contribution in [0.1, 0.15) is 11.1 Å². The van der Waals surface area contributed by atoms with E-state index in [0.717, 1.165) is 38.3 Å². The Morgan fingerprint density at radius 3 is 2.55 bits per heavy atom. The van der Waals surface area contributed by atoms with Gasteiger partial charge in [-0.2, -0.15) is 5.10 Å². The largest absolute Gasteiger partial charge is 0.314 e. The molecule has 0 amide bonds. The van der Waals surface area contributed by atoms with Crippen molar-refractivity contribution < 1.29 is 4.39 Å². The number of halogens is 1. The van der Waals surface area contributed by atoms with E-state index in [-0.39, 0.29) is 5.82 Å². The molecule has 1 aliphatic rings. The molecule has 0 aliphatic carbocycles. The average Bonchev–Trinajstić information content (AvgIpc) is 2.90. The van der Waals surface area contributed by atoms with Gasteiger partial charge in [-0.15, -0.1) is 0 Å².